The topological polar surface area (TPSA) is 64.3 Å². The van der Waals surface area contributed by atoms with Crippen molar-refractivity contribution in [2.45, 2.75) is 19.9 Å². The van der Waals surface area contributed by atoms with E-state index in [1.54, 1.807) is 13.8 Å². The summed E-state index contributed by atoms with van der Waals surface area (Å²) in [5.41, 5.74) is 0.113. The zero-order valence-corrected chi connectivity index (χ0v) is 8.43. The average Bonchev–Trinajstić information content (AvgIpc) is 2.40. The summed E-state index contributed by atoms with van der Waals surface area (Å²) in [6.07, 6.45) is 1.22. The second kappa shape index (κ2) is 3.05. The lowest BCUT2D eigenvalue weighted by Gasteiger charge is -2.16. The molecule has 0 radical (unpaired) electrons. The van der Waals surface area contributed by atoms with E-state index in [1.807, 2.05) is 0 Å². The smallest absolute Gasteiger partial charge is 0.327 e. The van der Waals surface area contributed by atoms with E-state index in [-0.39, 0.29) is 17.3 Å². The van der Waals surface area contributed by atoms with E-state index < -0.39 is 11.8 Å². The number of imide groups is 1. The van der Waals surface area contributed by atoms with E-state index in [0.717, 1.165) is 4.90 Å². The summed E-state index contributed by atoms with van der Waals surface area (Å²) in [7, 11) is 0. The summed E-state index contributed by atoms with van der Waals surface area (Å²) in [4.78, 5) is 24.6. The minimum atomic E-state index is -0.513. The highest BCUT2D eigenvalue weighted by Gasteiger charge is 2.43. The first-order valence-electron chi connectivity index (χ1n) is 4.64. The van der Waals surface area contributed by atoms with Crippen LogP contribution in [0.1, 0.15) is 34.7 Å². The van der Waals surface area contributed by atoms with Crippen molar-refractivity contribution in [3.05, 3.63) is 34.8 Å². The molecular formula is C10H10N2O3. The largest absolute Gasteiger partial charge is 0.618 e. The van der Waals surface area contributed by atoms with Crippen molar-refractivity contribution in [2.75, 3.05) is 0 Å². The maximum atomic E-state index is 11.8. The van der Waals surface area contributed by atoms with Gasteiger partial charge in [-0.2, -0.15) is 4.73 Å². The zero-order valence-electron chi connectivity index (χ0n) is 8.43. The first-order chi connectivity index (χ1) is 7.04. The van der Waals surface area contributed by atoms with E-state index in [4.69, 9.17) is 0 Å². The molecule has 5 nitrogen and oxygen atoms in total. The fraction of sp³-hybridized carbons (Fsp3) is 0.300. The van der Waals surface area contributed by atoms with Gasteiger partial charge in [0.15, 0.2) is 6.20 Å². The molecule has 0 aromatic carbocycles. The summed E-state index contributed by atoms with van der Waals surface area (Å²) in [5.74, 6) is -0.907. The van der Waals surface area contributed by atoms with Gasteiger partial charge in [-0.05, 0) is 19.9 Å². The van der Waals surface area contributed by atoms with Gasteiger partial charge >= 0.3 is 5.91 Å². The molecule has 0 saturated carbocycles. The van der Waals surface area contributed by atoms with Gasteiger partial charge in [-0.3, -0.25) is 14.5 Å². The van der Waals surface area contributed by atoms with E-state index in [2.05, 4.69) is 0 Å². The Morgan fingerprint density at radius 3 is 2.53 bits per heavy atom. The Kier molecular flexibility index (Phi) is 1.96. The van der Waals surface area contributed by atoms with Crippen LogP contribution in [0.2, 0.25) is 0 Å². The highest BCUT2D eigenvalue weighted by atomic mass is 16.5. The van der Waals surface area contributed by atoms with Crippen molar-refractivity contribution in [2.24, 2.45) is 0 Å². The van der Waals surface area contributed by atoms with Gasteiger partial charge in [0.25, 0.3) is 11.6 Å². The molecule has 1 aliphatic heterocycles. The van der Waals surface area contributed by atoms with Gasteiger partial charge in [-0.15, -0.1) is 0 Å². The van der Waals surface area contributed by atoms with Crippen molar-refractivity contribution >= 4 is 11.8 Å². The molecule has 78 valence electrons. The minimum absolute atomic E-state index is 0.0730. The van der Waals surface area contributed by atoms with Crippen LogP contribution in [-0.2, 0) is 0 Å². The monoisotopic (exact) mass is 206 g/mol. The lowest BCUT2D eigenvalue weighted by molar-refractivity contribution is -0.607. The highest BCUT2D eigenvalue weighted by molar-refractivity contribution is 6.19. The normalized spacial score (nSPS) is 15.0. The van der Waals surface area contributed by atoms with Crippen LogP contribution < -0.4 is 4.73 Å². The molecule has 1 aromatic rings. The third-order valence-electron chi connectivity index (χ3n) is 2.35. The Labute approximate surface area is 86.5 Å². The highest BCUT2D eigenvalue weighted by Crippen LogP contribution is 2.21. The SMILES string of the molecule is CC(C)N1C(=O)c2ccc[n+]([O-])c2C1=O. The summed E-state index contributed by atoms with van der Waals surface area (Å²) >= 11 is 0. The molecule has 15 heavy (non-hydrogen) atoms. The van der Waals surface area contributed by atoms with E-state index in [9.17, 15) is 14.8 Å². The maximum Gasteiger partial charge on any atom is 0.327 e. The molecule has 2 rings (SSSR count). The zero-order chi connectivity index (χ0) is 11.2. The van der Waals surface area contributed by atoms with Gasteiger partial charge in [0.2, 0.25) is 0 Å². The average molecular weight is 206 g/mol. The molecule has 0 bridgehead atoms. The first kappa shape index (κ1) is 9.64. The number of hydrogen-bond acceptors (Lipinski definition) is 3. The molecular weight excluding hydrogens is 196 g/mol. The number of fused-ring (bicyclic) bond motifs is 1. The molecule has 1 aliphatic rings. The minimum Gasteiger partial charge on any atom is -0.618 e. The number of hydrogen-bond donors (Lipinski definition) is 0. The molecule has 0 N–H and O–H groups in total. The molecule has 2 heterocycles. The fourth-order valence-corrected chi connectivity index (χ4v) is 1.68. The summed E-state index contributed by atoms with van der Waals surface area (Å²) < 4.78 is 0.442. The number of pyridine rings is 1. The van der Waals surface area contributed by atoms with Crippen molar-refractivity contribution < 1.29 is 14.3 Å². The lowest BCUT2D eigenvalue weighted by atomic mass is 10.2. The van der Waals surface area contributed by atoms with Crippen molar-refractivity contribution in [1.29, 1.82) is 0 Å². The standard InChI is InChI=1S/C10H10N2O3/c1-6(2)12-9(13)7-4-3-5-11(15)8(7)10(12)14/h3-6H,1-2H3. The van der Waals surface area contributed by atoms with E-state index >= 15 is 0 Å². The number of carbonyl (C=O) groups is 2. The van der Waals surface area contributed by atoms with Gasteiger partial charge in [-0.1, -0.05) is 0 Å². The van der Waals surface area contributed by atoms with Crippen LogP contribution in [-0.4, -0.2) is 22.8 Å². The first-order valence-corrected chi connectivity index (χ1v) is 4.64. The fourth-order valence-electron chi connectivity index (χ4n) is 1.68. The Balaban J connectivity index is 2.61. The van der Waals surface area contributed by atoms with Crippen LogP contribution in [0.3, 0.4) is 0 Å². The van der Waals surface area contributed by atoms with Crippen LogP contribution in [0.15, 0.2) is 18.3 Å². The van der Waals surface area contributed by atoms with Crippen molar-refractivity contribution in [3.8, 4) is 0 Å². The maximum absolute atomic E-state index is 11.8. The van der Waals surface area contributed by atoms with Crippen molar-refractivity contribution in [3.63, 3.8) is 0 Å². The van der Waals surface area contributed by atoms with Crippen LogP contribution in [0.4, 0.5) is 0 Å². The predicted octanol–water partition coefficient (Wildman–Crippen LogP) is 0.324. The Hall–Kier alpha value is -1.91. The second-order valence-electron chi connectivity index (χ2n) is 3.67. The Bertz CT molecular complexity index is 454. The molecule has 1 aromatic heterocycles. The lowest BCUT2D eigenvalue weighted by Crippen LogP contribution is -2.39. The van der Waals surface area contributed by atoms with Gasteiger partial charge in [0, 0.05) is 12.1 Å². The quantitative estimate of drug-likeness (QED) is 0.377. The van der Waals surface area contributed by atoms with Gasteiger partial charge in [0.1, 0.15) is 5.56 Å². The number of aromatic nitrogens is 1. The Morgan fingerprint density at radius 1 is 1.33 bits per heavy atom. The number of amides is 2. The molecule has 0 atom stereocenters. The number of nitrogens with zero attached hydrogens (tertiary/aromatic N) is 2. The van der Waals surface area contributed by atoms with Gasteiger partial charge < -0.3 is 5.21 Å². The van der Waals surface area contributed by atoms with Crippen LogP contribution in [0.25, 0.3) is 0 Å². The number of carbonyl (C=O) groups excluding carboxylic acids is 2. The predicted molar refractivity (Wildman–Crippen MR) is 51.0 cm³/mol. The Morgan fingerprint density at radius 2 is 2.00 bits per heavy atom. The number of rotatable bonds is 1. The van der Waals surface area contributed by atoms with E-state index in [0.29, 0.717) is 4.73 Å². The molecule has 0 aliphatic carbocycles. The van der Waals surface area contributed by atoms with Crippen LogP contribution >= 0.6 is 0 Å². The molecule has 0 spiro atoms. The third kappa shape index (κ3) is 1.20. The van der Waals surface area contributed by atoms with E-state index in [1.165, 1.54) is 18.3 Å². The second-order valence-corrected chi connectivity index (χ2v) is 3.67. The molecule has 0 unspecified atom stereocenters. The van der Waals surface area contributed by atoms with Gasteiger partial charge in [-0.25, -0.2) is 0 Å². The molecule has 5 heteroatoms. The van der Waals surface area contributed by atoms with Gasteiger partial charge in [0.05, 0.1) is 0 Å². The molecule has 2 amide bonds. The van der Waals surface area contributed by atoms with Crippen molar-refractivity contribution in [1.82, 2.24) is 4.90 Å². The molecule has 0 fully saturated rings. The summed E-state index contributed by atoms with van der Waals surface area (Å²) in [6, 6.07) is 2.71. The third-order valence-corrected chi connectivity index (χ3v) is 2.35. The molecule has 0 saturated heterocycles. The van der Waals surface area contributed by atoms with Crippen LogP contribution in [0.5, 0.6) is 0 Å². The van der Waals surface area contributed by atoms with Crippen LogP contribution in [0, 0.1) is 5.21 Å². The summed E-state index contributed by atoms with van der Waals surface area (Å²) in [5, 5.41) is 11.4. The summed E-state index contributed by atoms with van der Waals surface area (Å²) in [6.45, 7) is 3.47.